The second kappa shape index (κ2) is 14.9. The predicted molar refractivity (Wildman–Crippen MR) is 145 cm³/mol. The number of likely N-dealkylation sites (tertiary alicyclic amines) is 2. The van der Waals surface area contributed by atoms with Crippen LogP contribution in [-0.4, -0.2) is 73.0 Å². The number of likely N-dealkylation sites (N-methyl/N-ethyl adjacent to an activating group) is 1. The minimum Gasteiger partial charge on any atom is -0.469 e. The van der Waals surface area contributed by atoms with Crippen molar-refractivity contribution in [3.63, 3.8) is 0 Å². The molecule has 0 radical (unpaired) electrons. The summed E-state index contributed by atoms with van der Waals surface area (Å²) in [5.41, 5.74) is 0. The zero-order valence-electron chi connectivity index (χ0n) is 20.7. The molecule has 1 amide bonds. The van der Waals surface area contributed by atoms with Crippen LogP contribution in [-0.2, 0) is 11.2 Å². The highest BCUT2D eigenvalue weighted by molar-refractivity contribution is 14.0. The topological polar surface area (TPSA) is 73.1 Å². The number of carbonyl (C=O) groups excluding carboxylic acids is 1. The van der Waals surface area contributed by atoms with Gasteiger partial charge < -0.3 is 20.0 Å². The number of guanidine groups is 1. The Hall–Kier alpha value is -1.29. The number of amides is 1. The number of hydrogen-bond donors (Lipinski definition) is 2. The first-order valence-corrected chi connectivity index (χ1v) is 12.7. The molecule has 188 valence electrons. The molecule has 2 N–H and O–H groups in total. The molecule has 1 atom stereocenters. The molecule has 2 aliphatic rings. The molecule has 7 nitrogen and oxygen atoms in total. The van der Waals surface area contributed by atoms with Crippen molar-refractivity contribution in [1.29, 1.82) is 0 Å². The lowest BCUT2D eigenvalue weighted by Gasteiger charge is -2.35. The van der Waals surface area contributed by atoms with E-state index in [1.807, 2.05) is 12.1 Å². The summed E-state index contributed by atoms with van der Waals surface area (Å²) < 4.78 is 5.46. The van der Waals surface area contributed by atoms with Crippen molar-refractivity contribution < 1.29 is 9.21 Å². The van der Waals surface area contributed by atoms with Crippen molar-refractivity contribution in [2.24, 2.45) is 10.9 Å². The predicted octanol–water partition coefficient (Wildman–Crippen LogP) is 3.89. The van der Waals surface area contributed by atoms with Crippen LogP contribution in [0.5, 0.6) is 0 Å². The van der Waals surface area contributed by atoms with Crippen molar-refractivity contribution in [2.75, 3.05) is 39.3 Å². The number of rotatable bonds is 10. The van der Waals surface area contributed by atoms with Crippen molar-refractivity contribution in [1.82, 2.24) is 20.4 Å². The van der Waals surface area contributed by atoms with Gasteiger partial charge in [0, 0.05) is 44.1 Å². The molecule has 0 spiro atoms. The average Bonchev–Trinajstić information content (AvgIpc) is 3.50. The molecule has 0 aromatic carbocycles. The number of nitrogens with zero attached hydrogens (tertiary/aromatic N) is 3. The molecule has 2 aliphatic heterocycles. The van der Waals surface area contributed by atoms with Crippen LogP contribution < -0.4 is 10.6 Å². The third kappa shape index (κ3) is 8.46. The van der Waals surface area contributed by atoms with Crippen molar-refractivity contribution in [3.05, 3.63) is 24.2 Å². The van der Waals surface area contributed by atoms with E-state index in [1.54, 1.807) is 6.26 Å². The van der Waals surface area contributed by atoms with Gasteiger partial charge in [-0.3, -0.25) is 14.7 Å². The summed E-state index contributed by atoms with van der Waals surface area (Å²) in [5, 5.41) is 7.17. The van der Waals surface area contributed by atoms with E-state index in [0.29, 0.717) is 18.0 Å². The molecular formula is C25H44IN5O2. The Morgan fingerprint density at radius 3 is 2.58 bits per heavy atom. The van der Waals surface area contributed by atoms with E-state index in [4.69, 9.17) is 9.41 Å². The van der Waals surface area contributed by atoms with Crippen LogP contribution in [0.1, 0.15) is 65.1 Å². The molecule has 3 rings (SSSR count). The normalized spacial score (nSPS) is 20.2. The highest BCUT2D eigenvalue weighted by atomic mass is 127. The SMILES string of the molecule is CCC(CC)C(=O)N1CCC(NC(=NCC2CCCN2CC)NCCc2ccco2)CC1.I. The van der Waals surface area contributed by atoms with E-state index in [1.165, 1.54) is 19.4 Å². The third-order valence-corrected chi connectivity index (χ3v) is 7.09. The molecule has 0 aliphatic carbocycles. The number of nitrogens with one attached hydrogen (secondary N) is 2. The maximum absolute atomic E-state index is 12.7. The van der Waals surface area contributed by atoms with Crippen molar-refractivity contribution in [3.8, 4) is 0 Å². The largest absolute Gasteiger partial charge is 0.469 e. The summed E-state index contributed by atoms with van der Waals surface area (Å²) in [4.78, 5) is 22.3. The molecule has 0 bridgehead atoms. The molecule has 1 aromatic heterocycles. The number of halogens is 1. The van der Waals surface area contributed by atoms with E-state index in [2.05, 4.69) is 41.2 Å². The summed E-state index contributed by atoms with van der Waals surface area (Å²) >= 11 is 0. The highest BCUT2D eigenvalue weighted by Gasteiger charge is 2.27. The molecule has 1 unspecified atom stereocenters. The minimum absolute atomic E-state index is 0. The molecule has 8 heteroatoms. The Labute approximate surface area is 217 Å². The molecule has 1 aromatic rings. The molecule has 2 fully saturated rings. The van der Waals surface area contributed by atoms with E-state index < -0.39 is 0 Å². The third-order valence-electron chi connectivity index (χ3n) is 7.09. The molecule has 0 saturated carbocycles. The fraction of sp³-hybridized carbons (Fsp3) is 0.760. The number of furan rings is 1. The standard InChI is InChI=1S/C25H43N5O2.HI/c1-4-20(5-2)24(31)30-16-12-21(13-17-30)28-25(26-14-11-23-10-8-18-32-23)27-19-22-9-7-15-29(22)6-3;/h8,10,18,20-22H,4-7,9,11-17,19H2,1-3H3,(H2,26,27,28);1H. The number of carbonyl (C=O) groups is 1. The van der Waals surface area contributed by atoms with Gasteiger partial charge in [-0.05, 0) is 63.7 Å². The minimum atomic E-state index is 0. The molecular weight excluding hydrogens is 529 g/mol. The summed E-state index contributed by atoms with van der Waals surface area (Å²) in [6, 6.07) is 4.83. The lowest BCUT2D eigenvalue weighted by Crippen LogP contribution is -2.51. The van der Waals surface area contributed by atoms with Crippen LogP contribution in [0.2, 0.25) is 0 Å². The monoisotopic (exact) mass is 573 g/mol. The van der Waals surface area contributed by atoms with E-state index in [0.717, 1.165) is 76.5 Å². The van der Waals surface area contributed by atoms with Gasteiger partial charge in [-0.25, -0.2) is 0 Å². The molecule has 3 heterocycles. The molecule has 2 saturated heterocycles. The Bertz CT molecular complexity index is 700. The van der Waals surface area contributed by atoms with Gasteiger partial charge >= 0.3 is 0 Å². The van der Waals surface area contributed by atoms with Gasteiger partial charge in [0.25, 0.3) is 0 Å². The van der Waals surface area contributed by atoms with Crippen LogP contribution in [0.3, 0.4) is 0 Å². The lowest BCUT2D eigenvalue weighted by molar-refractivity contribution is -0.136. The van der Waals surface area contributed by atoms with Crippen LogP contribution in [0.15, 0.2) is 27.8 Å². The van der Waals surface area contributed by atoms with Gasteiger partial charge in [0.15, 0.2) is 5.96 Å². The quantitative estimate of drug-likeness (QED) is 0.253. The molecule has 33 heavy (non-hydrogen) atoms. The fourth-order valence-corrected chi connectivity index (χ4v) is 4.96. The summed E-state index contributed by atoms with van der Waals surface area (Å²) in [6.07, 6.45) is 8.85. The van der Waals surface area contributed by atoms with Crippen molar-refractivity contribution in [2.45, 2.75) is 77.8 Å². The van der Waals surface area contributed by atoms with Crippen LogP contribution in [0, 0.1) is 5.92 Å². The van der Waals surface area contributed by atoms with Gasteiger partial charge in [-0.15, -0.1) is 24.0 Å². The van der Waals surface area contributed by atoms with Crippen LogP contribution >= 0.6 is 24.0 Å². The maximum Gasteiger partial charge on any atom is 0.225 e. The second-order valence-corrected chi connectivity index (χ2v) is 9.13. The zero-order chi connectivity index (χ0) is 22.8. The van der Waals surface area contributed by atoms with Gasteiger partial charge in [0.2, 0.25) is 5.91 Å². The zero-order valence-corrected chi connectivity index (χ0v) is 23.1. The summed E-state index contributed by atoms with van der Waals surface area (Å²) in [5.74, 6) is 2.38. The first-order chi connectivity index (χ1) is 15.6. The van der Waals surface area contributed by atoms with Gasteiger partial charge in [0.05, 0.1) is 12.8 Å². The number of hydrogen-bond acceptors (Lipinski definition) is 4. The number of aliphatic imine (C=N–C) groups is 1. The van der Waals surface area contributed by atoms with Gasteiger partial charge in [-0.1, -0.05) is 20.8 Å². The smallest absolute Gasteiger partial charge is 0.225 e. The van der Waals surface area contributed by atoms with Crippen LogP contribution in [0.25, 0.3) is 0 Å². The number of piperidine rings is 1. The Morgan fingerprint density at radius 2 is 1.94 bits per heavy atom. The summed E-state index contributed by atoms with van der Waals surface area (Å²) in [7, 11) is 0. The first-order valence-electron chi connectivity index (χ1n) is 12.7. The Kier molecular flexibility index (Phi) is 12.6. The van der Waals surface area contributed by atoms with Gasteiger partial charge in [-0.2, -0.15) is 0 Å². The lowest BCUT2D eigenvalue weighted by atomic mass is 9.98. The summed E-state index contributed by atoms with van der Waals surface area (Å²) in [6.45, 7) is 12.0. The Morgan fingerprint density at radius 1 is 1.18 bits per heavy atom. The average molecular weight is 574 g/mol. The van der Waals surface area contributed by atoms with Gasteiger partial charge in [0.1, 0.15) is 5.76 Å². The maximum atomic E-state index is 12.7. The van der Waals surface area contributed by atoms with Crippen molar-refractivity contribution >= 4 is 35.8 Å². The second-order valence-electron chi connectivity index (χ2n) is 9.13. The van der Waals surface area contributed by atoms with E-state index >= 15 is 0 Å². The Balaban J connectivity index is 0.00000385. The van der Waals surface area contributed by atoms with Crippen LogP contribution in [0.4, 0.5) is 0 Å². The highest BCUT2D eigenvalue weighted by Crippen LogP contribution is 2.18. The van der Waals surface area contributed by atoms with E-state index in [-0.39, 0.29) is 29.9 Å². The van der Waals surface area contributed by atoms with E-state index in [9.17, 15) is 4.79 Å². The fourth-order valence-electron chi connectivity index (χ4n) is 4.96. The first kappa shape index (κ1) is 28.0.